The maximum Gasteiger partial charge on any atom is 0.318 e. The summed E-state index contributed by atoms with van der Waals surface area (Å²) in [5, 5.41) is 11.1. The number of likely N-dealkylation sites (tertiary alicyclic amines) is 1. The Morgan fingerprint density at radius 3 is 2.45 bits per heavy atom. The summed E-state index contributed by atoms with van der Waals surface area (Å²) in [6.45, 7) is 6.67. The van der Waals surface area contributed by atoms with E-state index in [4.69, 9.17) is 5.73 Å². The fourth-order valence-electron chi connectivity index (χ4n) is 3.43. The first-order chi connectivity index (χ1) is 14.0. The smallest absolute Gasteiger partial charge is 0.318 e. The minimum Gasteiger partial charge on any atom is -0.351 e. The van der Waals surface area contributed by atoms with Crippen LogP contribution in [0.4, 0.5) is 4.79 Å². The third kappa shape index (κ3) is 5.57. The van der Waals surface area contributed by atoms with Crippen molar-refractivity contribution in [2.75, 3.05) is 13.1 Å². The number of urea groups is 1. The van der Waals surface area contributed by atoms with E-state index >= 15 is 0 Å². The Labute approximate surface area is 175 Å². The molecular formula is C20H28N6O2S. The van der Waals surface area contributed by atoms with Crippen molar-refractivity contribution in [1.29, 1.82) is 0 Å². The first kappa shape index (κ1) is 21.3. The Kier molecular flexibility index (Phi) is 7.27. The summed E-state index contributed by atoms with van der Waals surface area (Å²) in [4.78, 5) is 26.0. The zero-order chi connectivity index (χ0) is 20.8. The van der Waals surface area contributed by atoms with E-state index in [1.807, 2.05) is 48.7 Å². The largest absolute Gasteiger partial charge is 0.351 e. The molecule has 1 unspecified atom stereocenters. The second-order valence-electron chi connectivity index (χ2n) is 7.54. The summed E-state index contributed by atoms with van der Waals surface area (Å²) in [6.07, 6.45) is 3.67. The number of hydrogen-bond acceptors (Lipinski definition) is 6. The predicted molar refractivity (Wildman–Crippen MR) is 113 cm³/mol. The van der Waals surface area contributed by atoms with E-state index in [-0.39, 0.29) is 5.92 Å². The highest BCUT2D eigenvalue weighted by Crippen LogP contribution is 2.30. The molecule has 9 heteroatoms. The number of carbonyl (C=O) groups is 2. The van der Waals surface area contributed by atoms with E-state index < -0.39 is 17.2 Å². The SMILES string of the molecule is CC(C)C(Sc1nnc(CN2CCCCC2)n1-c1ccccc1)C(=O)NC(N)=O. The van der Waals surface area contributed by atoms with Gasteiger partial charge in [0.05, 0.1) is 11.8 Å². The number of primary amides is 1. The Hall–Kier alpha value is -2.39. The van der Waals surface area contributed by atoms with E-state index in [9.17, 15) is 9.59 Å². The van der Waals surface area contributed by atoms with E-state index in [2.05, 4.69) is 20.4 Å². The van der Waals surface area contributed by atoms with Crippen molar-refractivity contribution in [2.45, 2.75) is 50.1 Å². The Bertz CT molecular complexity index is 833. The van der Waals surface area contributed by atoms with E-state index in [0.29, 0.717) is 11.7 Å². The quantitative estimate of drug-likeness (QED) is 0.672. The van der Waals surface area contributed by atoms with Gasteiger partial charge < -0.3 is 5.73 Å². The lowest BCUT2D eigenvalue weighted by atomic mass is 10.1. The number of para-hydroxylation sites is 1. The molecule has 0 bridgehead atoms. The van der Waals surface area contributed by atoms with E-state index in [1.165, 1.54) is 31.0 Å². The van der Waals surface area contributed by atoms with Gasteiger partial charge in [-0.2, -0.15) is 0 Å². The number of nitrogens with zero attached hydrogens (tertiary/aromatic N) is 4. The topological polar surface area (TPSA) is 106 Å². The third-order valence-corrected chi connectivity index (χ3v) is 6.36. The fraction of sp³-hybridized carbons (Fsp3) is 0.500. The van der Waals surface area contributed by atoms with E-state index in [0.717, 1.165) is 24.6 Å². The van der Waals surface area contributed by atoms with Gasteiger partial charge in [-0.15, -0.1) is 10.2 Å². The van der Waals surface area contributed by atoms with Crippen LogP contribution in [-0.4, -0.2) is 49.9 Å². The Morgan fingerprint density at radius 2 is 1.83 bits per heavy atom. The van der Waals surface area contributed by atoms with Crippen molar-refractivity contribution >= 4 is 23.7 Å². The molecule has 8 nitrogen and oxygen atoms in total. The zero-order valence-corrected chi connectivity index (χ0v) is 17.7. The van der Waals surface area contributed by atoms with Crippen LogP contribution in [0.2, 0.25) is 0 Å². The number of rotatable bonds is 7. The summed E-state index contributed by atoms with van der Waals surface area (Å²) in [6, 6.07) is 9.04. The third-order valence-electron chi connectivity index (χ3n) is 4.87. The van der Waals surface area contributed by atoms with Crippen LogP contribution >= 0.6 is 11.8 Å². The lowest BCUT2D eigenvalue weighted by Gasteiger charge is -2.26. The molecule has 156 valence electrons. The number of nitrogens with one attached hydrogen (secondary N) is 1. The minimum atomic E-state index is -0.850. The van der Waals surface area contributed by atoms with Gasteiger partial charge in [0.2, 0.25) is 5.91 Å². The molecule has 1 saturated heterocycles. The van der Waals surface area contributed by atoms with Gasteiger partial charge in [-0.3, -0.25) is 19.6 Å². The number of imide groups is 1. The number of thioether (sulfide) groups is 1. The molecule has 1 fully saturated rings. The van der Waals surface area contributed by atoms with Crippen molar-refractivity contribution in [3.05, 3.63) is 36.2 Å². The molecule has 1 aliphatic heterocycles. The van der Waals surface area contributed by atoms with Crippen molar-refractivity contribution < 1.29 is 9.59 Å². The molecule has 29 heavy (non-hydrogen) atoms. The predicted octanol–water partition coefficient (Wildman–Crippen LogP) is 2.56. The van der Waals surface area contributed by atoms with Crippen LogP contribution in [0.5, 0.6) is 0 Å². The van der Waals surface area contributed by atoms with Crippen molar-refractivity contribution in [3.63, 3.8) is 0 Å². The number of nitrogens with two attached hydrogens (primary N) is 1. The minimum absolute atomic E-state index is 0.0224. The lowest BCUT2D eigenvalue weighted by Crippen LogP contribution is -2.42. The summed E-state index contributed by atoms with van der Waals surface area (Å²) < 4.78 is 2.01. The summed E-state index contributed by atoms with van der Waals surface area (Å²) in [5.74, 6) is 0.405. The van der Waals surface area contributed by atoms with Crippen molar-refractivity contribution in [2.24, 2.45) is 11.7 Å². The van der Waals surface area contributed by atoms with Gasteiger partial charge in [-0.25, -0.2) is 4.79 Å². The van der Waals surface area contributed by atoms with Crippen LogP contribution in [0.3, 0.4) is 0 Å². The highest BCUT2D eigenvalue weighted by atomic mass is 32.2. The van der Waals surface area contributed by atoms with Crippen LogP contribution in [-0.2, 0) is 11.3 Å². The second-order valence-corrected chi connectivity index (χ2v) is 8.65. The maximum atomic E-state index is 12.5. The van der Waals surface area contributed by atoms with Crippen LogP contribution in [0.1, 0.15) is 38.9 Å². The monoisotopic (exact) mass is 416 g/mol. The van der Waals surface area contributed by atoms with Gasteiger partial charge in [-0.05, 0) is 44.0 Å². The molecule has 3 N–H and O–H groups in total. The molecule has 2 aromatic rings. The van der Waals surface area contributed by atoms with Gasteiger partial charge in [-0.1, -0.05) is 50.2 Å². The molecule has 0 aliphatic carbocycles. The highest BCUT2D eigenvalue weighted by Gasteiger charge is 2.28. The standard InChI is InChI=1S/C20H28N6O2S/c1-14(2)17(18(27)22-19(21)28)29-20-24-23-16(13-25-11-7-4-8-12-25)26(20)15-9-5-3-6-10-15/h3,5-6,9-10,14,17H,4,7-8,11-13H2,1-2H3,(H3,21,22,27,28). The van der Waals surface area contributed by atoms with Crippen LogP contribution < -0.4 is 11.1 Å². The zero-order valence-electron chi connectivity index (χ0n) is 16.9. The van der Waals surface area contributed by atoms with Gasteiger partial charge >= 0.3 is 6.03 Å². The molecule has 3 amide bonds. The number of benzene rings is 1. The Morgan fingerprint density at radius 1 is 1.14 bits per heavy atom. The van der Waals surface area contributed by atoms with Crippen LogP contribution in [0, 0.1) is 5.92 Å². The first-order valence-electron chi connectivity index (χ1n) is 9.94. The number of piperidine rings is 1. The second kappa shape index (κ2) is 9.89. The normalized spacial score (nSPS) is 16.0. The van der Waals surface area contributed by atoms with Crippen LogP contribution in [0.25, 0.3) is 5.69 Å². The molecule has 1 aliphatic rings. The molecule has 1 aromatic heterocycles. The van der Waals surface area contributed by atoms with Gasteiger partial charge in [0, 0.05) is 5.69 Å². The van der Waals surface area contributed by atoms with Gasteiger partial charge in [0.15, 0.2) is 11.0 Å². The first-order valence-corrected chi connectivity index (χ1v) is 10.8. The molecule has 2 heterocycles. The van der Waals surface area contributed by atoms with E-state index in [1.54, 1.807) is 0 Å². The summed E-state index contributed by atoms with van der Waals surface area (Å²) in [7, 11) is 0. The molecule has 3 rings (SSSR count). The molecule has 1 atom stereocenters. The summed E-state index contributed by atoms with van der Waals surface area (Å²) >= 11 is 1.30. The molecule has 1 aromatic carbocycles. The van der Waals surface area contributed by atoms with Crippen molar-refractivity contribution in [3.8, 4) is 5.69 Å². The number of amides is 3. The molecule has 0 saturated carbocycles. The van der Waals surface area contributed by atoms with Crippen LogP contribution in [0.15, 0.2) is 35.5 Å². The number of aromatic nitrogens is 3. The average Bonchev–Trinajstić information content (AvgIpc) is 3.09. The number of hydrogen-bond donors (Lipinski definition) is 2. The average molecular weight is 417 g/mol. The van der Waals surface area contributed by atoms with Crippen molar-refractivity contribution in [1.82, 2.24) is 25.0 Å². The molecule has 0 spiro atoms. The number of carbonyl (C=O) groups excluding carboxylic acids is 2. The highest BCUT2D eigenvalue weighted by molar-refractivity contribution is 8.00. The Balaban J connectivity index is 1.91. The summed E-state index contributed by atoms with van der Waals surface area (Å²) in [5.41, 5.74) is 6.08. The van der Waals surface area contributed by atoms with Gasteiger partial charge in [0.25, 0.3) is 0 Å². The van der Waals surface area contributed by atoms with Gasteiger partial charge in [0.1, 0.15) is 0 Å². The fourth-order valence-corrected chi connectivity index (χ4v) is 4.50. The molecular weight excluding hydrogens is 388 g/mol. The maximum absolute atomic E-state index is 12.5. The lowest BCUT2D eigenvalue weighted by molar-refractivity contribution is -0.120. The molecule has 0 radical (unpaired) electrons.